The molecule has 2 aromatic carbocycles. The molecule has 3 aliphatic carbocycles. The molecule has 6 rings (SSSR count). The highest BCUT2D eigenvalue weighted by Crippen LogP contribution is 2.55. The Morgan fingerprint density at radius 3 is 2.11 bits per heavy atom. The van der Waals surface area contributed by atoms with Gasteiger partial charge in [-0.05, 0) is 34.6 Å². The predicted octanol–water partition coefficient (Wildman–Crippen LogP) is 4.05. The maximum Gasteiger partial charge on any atom is 0.0594 e. The number of ether oxygens (including phenoxy) is 2. The maximum atomic E-state index is 6.18. The van der Waals surface area contributed by atoms with Gasteiger partial charge >= 0.3 is 0 Å². The Bertz CT molecular complexity index is 727. The molecule has 1 heterocycles. The maximum absolute atomic E-state index is 6.18. The average Bonchev–Trinajstić information content (AvgIpc) is 2.72. The Balaban J connectivity index is 0.00000180. The molecule has 1 fully saturated rings. The molecule has 2 bridgehead atoms. The highest BCUT2D eigenvalue weighted by atomic mass is 35.5. The van der Waals surface area contributed by atoms with E-state index in [-0.39, 0.29) is 12.4 Å². The molecular formula is C23H28ClNO2. The number of hydrogen-bond acceptors (Lipinski definition) is 3. The number of halogens is 1. The molecular weight excluding hydrogens is 358 g/mol. The lowest BCUT2D eigenvalue weighted by Gasteiger charge is -2.45. The lowest BCUT2D eigenvalue weighted by atomic mass is 9.59. The molecule has 2 aromatic rings. The SMILES string of the molecule is Cl.c1ccc2c(c1)C1CC(COCCN3CCOCC3)C2c2ccccc21. The molecule has 4 aliphatic rings. The van der Waals surface area contributed by atoms with Crippen LogP contribution >= 0.6 is 12.4 Å². The van der Waals surface area contributed by atoms with Crippen LogP contribution in [0.25, 0.3) is 0 Å². The monoisotopic (exact) mass is 385 g/mol. The van der Waals surface area contributed by atoms with Crippen molar-refractivity contribution in [1.82, 2.24) is 4.90 Å². The van der Waals surface area contributed by atoms with Crippen LogP contribution in [-0.2, 0) is 9.47 Å². The van der Waals surface area contributed by atoms with Crippen LogP contribution in [-0.4, -0.2) is 51.0 Å². The van der Waals surface area contributed by atoms with Crippen molar-refractivity contribution in [2.45, 2.75) is 18.3 Å². The average molecular weight is 386 g/mol. The van der Waals surface area contributed by atoms with Crippen molar-refractivity contribution in [3.05, 3.63) is 70.8 Å². The molecule has 0 radical (unpaired) electrons. The summed E-state index contributed by atoms with van der Waals surface area (Å²) in [6.07, 6.45) is 1.22. The van der Waals surface area contributed by atoms with Gasteiger partial charge in [0.1, 0.15) is 0 Å². The van der Waals surface area contributed by atoms with Gasteiger partial charge in [-0.2, -0.15) is 0 Å². The number of rotatable bonds is 5. The summed E-state index contributed by atoms with van der Waals surface area (Å²) in [7, 11) is 0. The topological polar surface area (TPSA) is 21.7 Å². The van der Waals surface area contributed by atoms with Gasteiger partial charge in [-0.25, -0.2) is 0 Å². The van der Waals surface area contributed by atoms with E-state index >= 15 is 0 Å². The zero-order chi connectivity index (χ0) is 17.3. The third kappa shape index (κ3) is 3.54. The zero-order valence-electron chi connectivity index (χ0n) is 15.7. The largest absolute Gasteiger partial charge is 0.380 e. The second kappa shape index (κ2) is 8.32. The summed E-state index contributed by atoms with van der Waals surface area (Å²) in [5.41, 5.74) is 6.15. The summed E-state index contributed by atoms with van der Waals surface area (Å²) in [6.45, 7) is 6.53. The number of benzene rings is 2. The van der Waals surface area contributed by atoms with E-state index in [1.54, 1.807) is 11.1 Å². The van der Waals surface area contributed by atoms with Crippen molar-refractivity contribution < 1.29 is 9.47 Å². The molecule has 1 aliphatic heterocycles. The van der Waals surface area contributed by atoms with Crippen LogP contribution in [0.2, 0.25) is 0 Å². The second-order valence-corrected chi connectivity index (χ2v) is 7.81. The third-order valence-corrected chi connectivity index (χ3v) is 6.41. The van der Waals surface area contributed by atoms with Crippen molar-refractivity contribution in [2.75, 3.05) is 46.1 Å². The Kier molecular flexibility index (Phi) is 5.84. The Hall–Kier alpha value is -1.39. The van der Waals surface area contributed by atoms with Crippen molar-refractivity contribution in [3.63, 3.8) is 0 Å². The first-order chi connectivity index (χ1) is 12.9. The fourth-order valence-corrected chi connectivity index (χ4v) is 5.18. The van der Waals surface area contributed by atoms with Gasteiger partial charge in [-0.15, -0.1) is 12.4 Å². The smallest absolute Gasteiger partial charge is 0.0594 e. The van der Waals surface area contributed by atoms with Crippen LogP contribution in [0.1, 0.15) is 40.5 Å². The van der Waals surface area contributed by atoms with Gasteiger partial charge in [0.05, 0.1) is 26.4 Å². The van der Waals surface area contributed by atoms with Crippen molar-refractivity contribution >= 4 is 12.4 Å². The van der Waals surface area contributed by atoms with Gasteiger partial charge in [0.25, 0.3) is 0 Å². The summed E-state index contributed by atoms with van der Waals surface area (Å²) in [5, 5.41) is 0. The quantitative estimate of drug-likeness (QED) is 0.724. The van der Waals surface area contributed by atoms with Crippen LogP contribution in [0.4, 0.5) is 0 Å². The summed E-state index contributed by atoms with van der Waals surface area (Å²) in [6, 6.07) is 18.1. The molecule has 1 unspecified atom stereocenters. The lowest BCUT2D eigenvalue weighted by Crippen LogP contribution is -2.39. The summed E-state index contributed by atoms with van der Waals surface area (Å²) >= 11 is 0. The normalized spacial score (nSPS) is 26.1. The summed E-state index contributed by atoms with van der Waals surface area (Å²) in [4.78, 5) is 2.45. The van der Waals surface area contributed by atoms with E-state index in [9.17, 15) is 0 Å². The fraction of sp³-hybridized carbons (Fsp3) is 0.478. The van der Waals surface area contributed by atoms with E-state index in [0.717, 1.165) is 46.1 Å². The molecule has 4 heteroatoms. The van der Waals surface area contributed by atoms with Gasteiger partial charge in [-0.1, -0.05) is 48.5 Å². The van der Waals surface area contributed by atoms with E-state index in [0.29, 0.717) is 17.8 Å². The van der Waals surface area contributed by atoms with Gasteiger partial charge in [0.2, 0.25) is 0 Å². The minimum atomic E-state index is 0. The highest BCUT2D eigenvalue weighted by Gasteiger charge is 2.42. The van der Waals surface area contributed by atoms with Crippen LogP contribution in [0, 0.1) is 5.92 Å². The Morgan fingerprint density at radius 1 is 0.889 bits per heavy atom. The Labute approximate surface area is 168 Å². The number of fused-ring (bicyclic) bond motifs is 1. The molecule has 1 atom stereocenters. The third-order valence-electron chi connectivity index (χ3n) is 6.41. The first-order valence-corrected chi connectivity index (χ1v) is 9.97. The van der Waals surface area contributed by atoms with E-state index in [1.165, 1.54) is 17.5 Å². The standard InChI is InChI=1S/C23H27NO2.ClH/c1-3-7-20-18(5-1)22-15-17(23(20)21-8-4-2-6-19(21)22)16-26-14-11-24-9-12-25-13-10-24;/h1-8,17,22-23H,9-16H2;1H. The molecule has 1 saturated heterocycles. The first kappa shape index (κ1) is 18.9. The van der Waals surface area contributed by atoms with Crippen LogP contribution in [0.15, 0.2) is 48.5 Å². The fourth-order valence-electron chi connectivity index (χ4n) is 5.18. The highest BCUT2D eigenvalue weighted by molar-refractivity contribution is 5.85. The second-order valence-electron chi connectivity index (χ2n) is 7.81. The molecule has 27 heavy (non-hydrogen) atoms. The predicted molar refractivity (Wildman–Crippen MR) is 110 cm³/mol. The zero-order valence-corrected chi connectivity index (χ0v) is 16.5. The van der Waals surface area contributed by atoms with Crippen molar-refractivity contribution in [3.8, 4) is 0 Å². The molecule has 0 spiro atoms. The summed E-state index contributed by atoms with van der Waals surface area (Å²) in [5.74, 6) is 1.63. The van der Waals surface area contributed by atoms with Gasteiger partial charge in [-0.3, -0.25) is 4.90 Å². The lowest BCUT2D eigenvalue weighted by molar-refractivity contribution is 0.0131. The van der Waals surface area contributed by atoms with E-state index in [4.69, 9.17) is 9.47 Å². The minimum Gasteiger partial charge on any atom is -0.380 e. The van der Waals surface area contributed by atoms with E-state index in [2.05, 4.69) is 53.4 Å². The van der Waals surface area contributed by atoms with Gasteiger partial charge in [0, 0.05) is 31.5 Å². The van der Waals surface area contributed by atoms with Gasteiger partial charge < -0.3 is 9.47 Å². The van der Waals surface area contributed by atoms with E-state index in [1.807, 2.05) is 0 Å². The van der Waals surface area contributed by atoms with Crippen LogP contribution in [0.5, 0.6) is 0 Å². The molecule has 0 aromatic heterocycles. The number of morpholine rings is 1. The van der Waals surface area contributed by atoms with E-state index < -0.39 is 0 Å². The Morgan fingerprint density at radius 2 is 1.48 bits per heavy atom. The number of hydrogen-bond donors (Lipinski definition) is 0. The minimum absolute atomic E-state index is 0. The van der Waals surface area contributed by atoms with Crippen molar-refractivity contribution in [1.29, 1.82) is 0 Å². The molecule has 0 N–H and O–H groups in total. The molecule has 3 nitrogen and oxygen atoms in total. The van der Waals surface area contributed by atoms with Gasteiger partial charge in [0.15, 0.2) is 0 Å². The van der Waals surface area contributed by atoms with Crippen LogP contribution in [0.3, 0.4) is 0 Å². The number of nitrogens with zero attached hydrogens (tertiary/aromatic N) is 1. The molecule has 144 valence electrons. The van der Waals surface area contributed by atoms with Crippen molar-refractivity contribution in [2.24, 2.45) is 5.92 Å². The first-order valence-electron chi connectivity index (χ1n) is 9.97. The van der Waals surface area contributed by atoms with Crippen LogP contribution < -0.4 is 0 Å². The summed E-state index contributed by atoms with van der Waals surface area (Å²) < 4.78 is 11.6. The molecule has 0 saturated carbocycles. The molecule has 0 amide bonds.